The summed E-state index contributed by atoms with van der Waals surface area (Å²) in [5, 5.41) is 13.5. The molecule has 1 aromatic carbocycles. The van der Waals surface area contributed by atoms with Crippen LogP contribution in [0.4, 0.5) is 0 Å². The normalized spacial score (nSPS) is 16.8. The summed E-state index contributed by atoms with van der Waals surface area (Å²) in [5.74, 6) is 3.46. The number of fused-ring (bicyclic) bond motifs is 1. The third kappa shape index (κ3) is 3.89. The van der Waals surface area contributed by atoms with Crippen molar-refractivity contribution >= 4 is 22.7 Å². The van der Waals surface area contributed by atoms with Crippen molar-refractivity contribution in [3.05, 3.63) is 46.0 Å². The van der Waals surface area contributed by atoms with Gasteiger partial charge in [-0.05, 0) is 54.8 Å². The molecule has 3 heterocycles. The fourth-order valence-corrected chi connectivity index (χ4v) is 4.64. The number of nitrogens with one attached hydrogen (secondary N) is 1. The van der Waals surface area contributed by atoms with E-state index in [1.807, 2.05) is 40.7 Å². The van der Waals surface area contributed by atoms with Crippen molar-refractivity contribution in [3.63, 3.8) is 0 Å². The van der Waals surface area contributed by atoms with Crippen molar-refractivity contribution in [2.24, 2.45) is 0 Å². The number of nitrogens with zero attached hydrogens (tertiary/aromatic N) is 5. The molecule has 2 aromatic heterocycles. The van der Waals surface area contributed by atoms with Gasteiger partial charge < -0.3 is 9.72 Å². The average Bonchev–Trinajstić information content (AvgIpc) is 3.19. The third-order valence-corrected chi connectivity index (χ3v) is 6.10. The average molecular weight is 415 g/mol. The molecule has 0 aliphatic carbocycles. The van der Waals surface area contributed by atoms with E-state index < -0.39 is 0 Å². The van der Waals surface area contributed by atoms with Crippen LogP contribution in [0.1, 0.15) is 38.2 Å². The van der Waals surface area contributed by atoms with Gasteiger partial charge in [-0.2, -0.15) is 11.8 Å². The molecule has 1 aliphatic rings. The molecule has 0 spiro atoms. The van der Waals surface area contributed by atoms with E-state index in [0.29, 0.717) is 17.1 Å². The lowest BCUT2D eigenvalue weighted by Crippen LogP contribution is -2.41. The first-order valence-electron chi connectivity index (χ1n) is 9.70. The van der Waals surface area contributed by atoms with Crippen LogP contribution in [0.5, 0.6) is 5.75 Å². The van der Waals surface area contributed by atoms with Crippen LogP contribution in [0, 0.1) is 0 Å². The van der Waals surface area contributed by atoms with Crippen LogP contribution >= 0.6 is 11.8 Å². The number of methoxy groups -OCH3 is 1. The van der Waals surface area contributed by atoms with E-state index in [-0.39, 0.29) is 17.1 Å². The molecule has 1 saturated heterocycles. The molecule has 0 radical (unpaired) electrons. The number of hydrogen-bond donors (Lipinski definition) is 1. The van der Waals surface area contributed by atoms with Crippen molar-refractivity contribution in [3.8, 4) is 5.75 Å². The van der Waals surface area contributed by atoms with E-state index in [0.717, 1.165) is 35.5 Å². The minimum absolute atomic E-state index is 0.127. The second kappa shape index (κ2) is 7.79. The topological polar surface area (TPSA) is 88.9 Å². The lowest BCUT2D eigenvalue weighted by Gasteiger charge is -2.34. The molecule has 29 heavy (non-hydrogen) atoms. The fraction of sp³-hybridized carbons (Fsp3) is 0.500. The molecule has 8 nitrogen and oxygen atoms in total. The second-order valence-electron chi connectivity index (χ2n) is 8.18. The Balaban J connectivity index is 1.89. The van der Waals surface area contributed by atoms with Gasteiger partial charge in [-0.25, -0.2) is 4.68 Å². The zero-order chi connectivity index (χ0) is 20.6. The van der Waals surface area contributed by atoms with Crippen molar-refractivity contribution in [1.29, 1.82) is 0 Å². The molecular weight excluding hydrogens is 388 g/mol. The van der Waals surface area contributed by atoms with Gasteiger partial charge in [0, 0.05) is 36.2 Å². The summed E-state index contributed by atoms with van der Waals surface area (Å²) in [6.07, 6.45) is 0. The molecule has 0 unspecified atom stereocenters. The molecule has 1 fully saturated rings. The number of aromatic nitrogens is 5. The molecule has 1 atom stereocenters. The van der Waals surface area contributed by atoms with Gasteiger partial charge in [0.05, 0.1) is 18.2 Å². The summed E-state index contributed by atoms with van der Waals surface area (Å²) in [4.78, 5) is 18.5. The van der Waals surface area contributed by atoms with Crippen LogP contribution in [0.2, 0.25) is 0 Å². The summed E-state index contributed by atoms with van der Waals surface area (Å²) in [5.41, 5.74) is 0.993. The maximum Gasteiger partial charge on any atom is 0.253 e. The molecule has 0 bridgehead atoms. The Morgan fingerprint density at radius 1 is 1.21 bits per heavy atom. The van der Waals surface area contributed by atoms with Crippen LogP contribution in [0.15, 0.2) is 29.1 Å². The molecule has 1 aliphatic heterocycles. The van der Waals surface area contributed by atoms with Gasteiger partial charge in [-0.15, -0.1) is 5.10 Å². The highest BCUT2D eigenvalue weighted by Gasteiger charge is 2.33. The number of ether oxygens (including phenoxy) is 1. The molecule has 1 N–H and O–H groups in total. The number of aromatic amines is 1. The molecule has 9 heteroatoms. The summed E-state index contributed by atoms with van der Waals surface area (Å²) in [6, 6.07) is 7.36. The molecule has 154 valence electrons. The van der Waals surface area contributed by atoms with E-state index in [1.165, 1.54) is 0 Å². The Kier molecular flexibility index (Phi) is 5.35. The predicted molar refractivity (Wildman–Crippen MR) is 115 cm³/mol. The zero-order valence-electron chi connectivity index (χ0n) is 17.2. The summed E-state index contributed by atoms with van der Waals surface area (Å²) in [7, 11) is 1.62. The Morgan fingerprint density at radius 2 is 1.97 bits per heavy atom. The molecule has 3 aromatic rings. The number of tetrazole rings is 1. The monoisotopic (exact) mass is 414 g/mol. The SMILES string of the molecule is COc1ccc2cc([C@@H](c3nnnn3C(C)(C)C)N3CCSCC3)c(=O)[nH]c2c1. The molecule has 0 amide bonds. The second-order valence-corrected chi connectivity index (χ2v) is 9.40. The third-order valence-electron chi connectivity index (χ3n) is 5.16. The molecule has 4 rings (SSSR count). The first kappa shape index (κ1) is 19.9. The minimum Gasteiger partial charge on any atom is -0.497 e. The smallest absolute Gasteiger partial charge is 0.253 e. The summed E-state index contributed by atoms with van der Waals surface area (Å²) < 4.78 is 7.12. The van der Waals surface area contributed by atoms with E-state index in [4.69, 9.17) is 4.74 Å². The van der Waals surface area contributed by atoms with E-state index in [9.17, 15) is 4.79 Å². The number of rotatable bonds is 4. The largest absolute Gasteiger partial charge is 0.497 e. The van der Waals surface area contributed by atoms with E-state index in [2.05, 4.69) is 46.2 Å². The lowest BCUT2D eigenvalue weighted by atomic mass is 10.0. The van der Waals surface area contributed by atoms with E-state index in [1.54, 1.807) is 7.11 Å². The Morgan fingerprint density at radius 3 is 2.66 bits per heavy atom. The standard InChI is InChI=1S/C20H26N6O2S/c1-20(2,3)26-18(22-23-24-26)17(25-7-9-29-10-8-25)15-11-13-5-6-14(28-4)12-16(13)21-19(15)27/h5-6,11-12,17H,7-10H2,1-4H3,(H,21,27)/t17-/m0/s1. The van der Waals surface area contributed by atoms with Gasteiger partial charge in [0.15, 0.2) is 5.82 Å². The maximum absolute atomic E-state index is 13.2. The van der Waals surface area contributed by atoms with Gasteiger partial charge >= 0.3 is 0 Å². The lowest BCUT2D eigenvalue weighted by molar-refractivity contribution is 0.219. The van der Waals surface area contributed by atoms with Gasteiger partial charge in [0.2, 0.25) is 0 Å². The summed E-state index contributed by atoms with van der Waals surface area (Å²) >= 11 is 1.93. The van der Waals surface area contributed by atoms with Gasteiger partial charge in [-0.3, -0.25) is 9.69 Å². The number of benzene rings is 1. The highest BCUT2D eigenvalue weighted by molar-refractivity contribution is 7.99. The van der Waals surface area contributed by atoms with Crippen LogP contribution in [0.3, 0.4) is 0 Å². The Hall–Kier alpha value is -2.39. The number of thioether (sulfide) groups is 1. The van der Waals surface area contributed by atoms with Crippen LogP contribution < -0.4 is 10.3 Å². The number of H-pyrrole nitrogens is 1. The maximum atomic E-state index is 13.2. The first-order chi connectivity index (χ1) is 13.9. The predicted octanol–water partition coefficient (Wildman–Crippen LogP) is 2.42. The minimum atomic E-state index is -0.305. The fourth-order valence-electron chi connectivity index (χ4n) is 3.70. The number of pyridine rings is 1. The van der Waals surface area contributed by atoms with Gasteiger partial charge in [0.1, 0.15) is 11.8 Å². The quantitative estimate of drug-likeness (QED) is 0.701. The van der Waals surface area contributed by atoms with Crippen LogP contribution in [-0.4, -0.2) is 61.8 Å². The molecule has 0 saturated carbocycles. The highest BCUT2D eigenvalue weighted by atomic mass is 32.2. The van der Waals surface area contributed by atoms with Crippen molar-refractivity contribution < 1.29 is 4.74 Å². The van der Waals surface area contributed by atoms with Gasteiger partial charge in [0.25, 0.3) is 5.56 Å². The Labute approximate surface area is 173 Å². The van der Waals surface area contributed by atoms with Crippen LogP contribution in [-0.2, 0) is 5.54 Å². The highest BCUT2D eigenvalue weighted by Crippen LogP contribution is 2.31. The van der Waals surface area contributed by atoms with Gasteiger partial charge in [-0.1, -0.05) is 0 Å². The van der Waals surface area contributed by atoms with Crippen molar-refractivity contribution in [2.75, 3.05) is 31.7 Å². The number of hydrogen-bond acceptors (Lipinski definition) is 7. The summed E-state index contributed by atoms with van der Waals surface area (Å²) in [6.45, 7) is 7.95. The van der Waals surface area contributed by atoms with E-state index >= 15 is 0 Å². The van der Waals surface area contributed by atoms with Crippen molar-refractivity contribution in [1.82, 2.24) is 30.1 Å². The Bertz CT molecular complexity index is 1060. The first-order valence-corrected chi connectivity index (χ1v) is 10.9. The van der Waals surface area contributed by atoms with Crippen LogP contribution in [0.25, 0.3) is 10.9 Å². The molecular formula is C20H26N6O2S. The zero-order valence-corrected chi connectivity index (χ0v) is 18.0. The van der Waals surface area contributed by atoms with Crippen molar-refractivity contribution in [2.45, 2.75) is 32.4 Å².